The molecule has 1 aliphatic rings. The van der Waals surface area contributed by atoms with Crippen LogP contribution in [-0.4, -0.2) is 10.9 Å². The summed E-state index contributed by atoms with van der Waals surface area (Å²) in [5, 5.41) is 3.05. The highest BCUT2D eigenvalue weighted by Crippen LogP contribution is 2.24. The van der Waals surface area contributed by atoms with Gasteiger partial charge >= 0.3 is 0 Å². The molecule has 1 aliphatic carbocycles. The zero-order chi connectivity index (χ0) is 14.5. The summed E-state index contributed by atoms with van der Waals surface area (Å²) >= 11 is 0. The average Bonchev–Trinajstić information content (AvgIpc) is 3.08. The number of amides is 1. The highest BCUT2D eigenvalue weighted by Gasteiger charge is 2.21. The molecule has 1 N–H and O–H groups in total. The Bertz CT molecular complexity index is 587. The lowest BCUT2D eigenvalue weighted by atomic mass is 9.88. The standard InChI is InChI=1S/C17H20N2O2/c20-17(13-6-2-1-3-7-13)19-12-14-8-4-10-18-16(14)15-9-5-11-21-15/h4-5,8-11,13H,1-3,6-7,12H2,(H,19,20). The van der Waals surface area contributed by atoms with Gasteiger partial charge in [0.2, 0.25) is 5.91 Å². The Labute approximate surface area is 124 Å². The number of hydrogen-bond acceptors (Lipinski definition) is 3. The molecule has 0 unspecified atom stereocenters. The normalized spacial score (nSPS) is 15.8. The molecule has 0 radical (unpaired) electrons. The Kier molecular flexibility index (Phi) is 4.34. The van der Waals surface area contributed by atoms with Crippen molar-refractivity contribution in [1.82, 2.24) is 10.3 Å². The van der Waals surface area contributed by atoms with Crippen LogP contribution in [0.4, 0.5) is 0 Å². The van der Waals surface area contributed by atoms with E-state index >= 15 is 0 Å². The smallest absolute Gasteiger partial charge is 0.223 e. The third-order valence-corrected chi connectivity index (χ3v) is 4.07. The molecule has 2 heterocycles. The van der Waals surface area contributed by atoms with Crippen molar-refractivity contribution in [2.45, 2.75) is 38.6 Å². The zero-order valence-corrected chi connectivity index (χ0v) is 12.0. The SMILES string of the molecule is O=C(NCc1cccnc1-c1ccco1)C1CCCCC1. The lowest BCUT2D eigenvalue weighted by Gasteiger charge is -2.20. The first kappa shape index (κ1) is 13.9. The fourth-order valence-corrected chi connectivity index (χ4v) is 2.91. The van der Waals surface area contributed by atoms with Gasteiger partial charge in [0.25, 0.3) is 0 Å². The fraction of sp³-hybridized carbons (Fsp3) is 0.412. The molecular weight excluding hydrogens is 264 g/mol. The molecule has 1 fully saturated rings. The van der Waals surface area contributed by atoms with E-state index in [1.165, 1.54) is 19.3 Å². The summed E-state index contributed by atoms with van der Waals surface area (Å²) in [6, 6.07) is 7.59. The molecule has 0 aliphatic heterocycles. The lowest BCUT2D eigenvalue weighted by Crippen LogP contribution is -2.31. The van der Waals surface area contributed by atoms with Crippen molar-refractivity contribution in [3.05, 3.63) is 42.3 Å². The van der Waals surface area contributed by atoms with Crippen molar-refractivity contribution in [1.29, 1.82) is 0 Å². The summed E-state index contributed by atoms with van der Waals surface area (Å²) in [7, 11) is 0. The molecule has 4 nitrogen and oxygen atoms in total. The molecule has 2 aromatic rings. The van der Waals surface area contributed by atoms with Crippen molar-refractivity contribution in [3.63, 3.8) is 0 Å². The molecule has 0 atom stereocenters. The van der Waals surface area contributed by atoms with Gasteiger partial charge in [-0.3, -0.25) is 9.78 Å². The molecule has 21 heavy (non-hydrogen) atoms. The van der Waals surface area contributed by atoms with Gasteiger partial charge in [0.15, 0.2) is 5.76 Å². The van der Waals surface area contributed by atoms with Gasteiger partial charge < -0.3 is 9.73 Å². The topological polar surface area (TPSA) is 55.1 Å². The van der Waals surface area contributed by atoms with Crippen LogP contribution in [0.3, 0.4) is 0 Å². The number of nitrogens with one attached hydrogen (secondary N) is 1. The molecular formula is C17H20N2O2. The highest BCUT2D eigenvalue weighted by atomic mass is 16.3. The van der Waals surface area contributed by atoms with Gasteiger partial charge in [-0.05, 0) is 31.0 Å². The lowest BCUT2D eigenvalue weighted by molar-refractivity contribution is -0.126. The van der Waals surface area contributed by atoms with Crippen LogP contribution in [-0.2, 0) is 11.3 Å². The number of aromatic nitrogens is 1. The predicted octanol–water partition coefficient (Wildman–Crippen LogP) is 3.54. The molecule has 0 saturated heterocycles. The zero-order valence-electron chi connectivity index (χ0n) is 12.0. The molecule has 3 rings (SSSR count). The van der Waals surface area contributed by atoms with Crippen LogP contribution in [0.25, 0.3) is 11.5 Å². The van der Waals surface area contributed by atoms with Crippen LogP contribution in [0.1, 0.15) is 37.7 Å². The number of carbonyl (C=O) groups excluding carboxylic acids is 1. The van der Waals surface area contributed by atoms with Gasteiger partial charge in [0.05, 0.1) is 6.26 Å². The van der Waals surface area contributed by atoms with Gasteiger partial charge in [-0.2, -0.15) is 0 Å². The van der Waals surface area contributed by atoms with Gasteiger partial charge in [0, 0.05) is 24.2 Å². The van der Waals surface area contributed by atoms with Crippen LogP contribution in [0.2, 0.25) is 0 Å². The van der Waals surface area contributed by atoms with Crippen molar-refractivity contribution in [2.75, 3.05) is 0 Å². The fourth-order valence-electron chi connectivity index (χ4n) is 2.91. The van der Waals surface area contributed by atoms with Crippen LogP contribution in [0.15, 0.2) is 41.1 Å². The van der Waals surface area contributed by atoms with Crippen LogP contribution in [0, 0.1) is 5.92 Å². The first-order valence-electron chi connectivity index (χ1n) is 7.60. The van der Waals surface area contributed by atoms with Gasteiger partial charge in [-0.15, -0.1) is 0 Å². The van der Waals surface area contributed by atoms with Gasteiger partial charge in [-0.1, -0.05) is 25.3 Å². The van der Waals surface area contributed by atoms with Crippen LogP contribution in [0.5, 0.6) is 0 Å². The third kappa shape index (κ3) is 3.32. The maximum absolute atomic E-state index is 12.2. The molecule has 0 aromatic carbocycles. The second kappa shape index (κ2) is 6.57. The maximum Gasteiger partial charge on any atom is 0.223 e. The Morgan fingerprint density at radius 3 is 2.86 bits per heavy atom. The predicted molar refractivity (Wildman–Crippen MR) is 80.4 cm³/mol. The van der Waals surface area contributed by atoms with E-state index in [9.17, 15) is 4.79 Å². The molecule has 0 bridgehead atoms. The van der Waals surface area contributed by atoms with E-state index in [-0.39, 0.29) is 11.8 Å². The number of carbonyl (C=O) groups is 1. The van der Waals surface area contributed by atoms with Crippen molar-refractivity contribution in [2.24, 2.45) is 5.92 Å². The Morgan fingerprint density at radius 2 is 2.10 bits per heavy atom. The molecule has 4 heteroatoms. The second-order valence-electron chi connectivity index (χ2n) is 5.54. The monoisotopic (exact) mass is 284 g/mol. The number of hydrogen-bond donors (Lipinski definition) is 1. The number of rotatable bonds is 4. The molecule has 110 valence electrons. The van der Waals surface area contributed by atoms with Gasteiger partial charge in [-0.25, -0.2) is 0 Å². The van der Waals surface area contributed by atoms with Crippen LogP contribution < -0.4 is 5.32 Å². The highest BCUT2D eigenvalue weighted by molar-refractivity contribution is 5.78. The van der Waals surface area contributed by atoms with E-state index in [1.54, 1.807) is 12.5 Å². The quantitative estimate of drug-likeness (QED) is 0.934. The van der Waals surface area contributed by atoms with E-state index < -0.39 is 0 Å². The molecule has 1 amide bonds. The molecule has 0 spiro atoms. The first-order chi connectivity index (χ1) is 10.3. The second-order valence-corrected chi connectivity index (χ2v) is 5.54. The molecule has 2 aromatic heterocycles. The summed E-state index contributed by atoms with van der Waals surface area (Å²) in [5.41, 5.74) is 1.78. The Balaban J connectivity index is 1.66. The summed E-state index contributed by atoms with van der Waals surface area (Å²) < 4.78 is 5.41. The molecule has 1 saturated carbocycles. The van der Waals surface area contributed by atoms with Crippen molar-refractivity contribution >= 4 is 5.91 Å². The van der Waals surface area contributed by atoms with E-state index in [2.05, 4.69) is 10.3 Å². The maximum atomic E-state index is 12.2. The Hall–Kier alpha value is -2.10. The van der Waals surface area contributed by atoms with E-state index in [0.29, 0.717) is 6.54 Å². The number of pyridine rings is 1. The van der Waals surface area contributed by atoms with Gasteiger partial charge in [0.1, 0.15) is 5.69 Å². The number of furan rings is 1. The van der Waals surface area contributed by atoms with Crippen molar-refractivity contribution in [3.8, 4) is 11.5 Å². The minimum Gasteiger partial charge on any atom is -0.463 e. The van der Waals surface area contributed by atoms with Crippen LogP contribution >= 0.6 is 0 Å². The minimum absolute atomic E-state index is 0.170. The largest absolute Gasteiger partial charge is 0.463 e. The summed E-state index contributed by atoms with van der Waals surface area (Å²) in [5.74, 6) is 1.09. The minimum atomic E-state index is 0.170. The summed E-state index contributed by atoms with van der Waals surface area (Å²) in [4.78, 5) is 16.6. The number of nitrogens with zero attached hydrogens (tertiary/aromatic N) is 1. The van der Waals surface area contributed by atoms with E-state index in [4.69, 9.17) is 4.42 Å². The Morgan fingerprint density at radius 1 is 1.24 bits per heavy atom. The summed E-state index contributed by atoms with van der Waals surface area (Å²) in [6.45, 7) is 0.499. The van der Waals surface area contributed by atoms with E-state index in [1.807, 2.05) is 24.3 Å². The van der Waals surface area contributed by atoms with Crippen molar-refractivity contribution < 1.29 is 9.21 Å². The van der Waals surface area contributed by atoms with E-state index in [0.717, 1.165) is 29.9 Å². The third-order valence-electron chi connectivity index (χ3n) is 4.07. The summed E-state index contributed by atoms with van der Waals surface area (Å²) in [6.07, 6.45) is 9.01. The average molecular weight is 284 g/mol. The first-order valence-corrected chi connectivity index (χ1v) is 7.60.